The smallest absolute Gasteiger partial charge is 0.416 e. The highest BCUT2D eigenvalue weighted by atomic mass is 16.7. The topological polar surface area (TPSA) is 70.1 Å². The standard InChI is InChI=1S/C18H22N2O5/c1-22-12-15-11-20(17(21)25-15)16-3-2-14(10-19-16)13-4-6-18(7-5-13)23-8-9-24-18/h2-4,10,15H,5-9,11-12H2,1H3. The van der Waals surface area contributed by atoms with Crippen molar-refractivity contribution in [3.8, 4) is 0 Å². The first kappa shape index (κ1) is 16.5. The monoisotopic (exact) mass is 346 g/mol. The Labute approximate surface area is 146 Å². The molecule has 7 heteroatoms. The summed E-state index contributed by atoms with van der Waals surface area (Å²) in [7, 11) is 1.59. The van der Waals surface area contributed by atoms with Crippen molar-refractivity contribution in [3.63, 3.8) is 0 Å². The summed E-state index contributed by atoms with van der Waals surface area (Å²) in [4.78, 5) is 17.9. The predicted octanol–water partition coefficient (Wildman–Crippen LogP) is 2.36. The maximum absolute atomic E-state index is 12.0. The van der Waals surface area contributed by atoms with E-state index in [0.717, 1.165) is 24.8 Å². The van der Waals surface area contributed by atoms with E-state index in [0.29, 0.717) is 32.2 Å². The second kappa shape index (κ2) is 6.74. The predicted molar refractivity (Wildman–Crippen MR) is 90.2 cm³/mol. The summed E-state index contributed by atoms with van der Waals surface area (Å²) in [6.07, 6.45) is 5.87. The number of carbonyl (C=O) groups excluding carboxylic acids is 1. The van der Waals surface area contributed by atoms with Crippen molar-refractivity contribution >= 4 is 17.5 Å². The van der Waals surface area contributed by atoms with Gasteiger partial charge in [-0.2, -0.15) is 0 Å². The maximum Gasteiger partial charge on any atom is 0.416 e. The van der Waals surface area contributed by atoms with Gasteiger partial charge in [0.05, 0.1) is 26.4 Å². The van der Waals surface area contributed by atoms with Gasteiger partial charge in [-0.25, -0.2) is 9.78 Å². The molecule has 1 atom stereocenters. The lowest BCUT2D eigenvalue weighted by Gasteiger charge is -2.30. The number of aromatic nitrogens is 1. The van der Waals surface area contributed by atoms with E-state index in [2.05, 4.69) is 11.1 Å². The lowest BCUT2D eigenvalue weighted by atomic mass is 9.90. The van der Waals surface area contributed by atoms with Gasteiger partial charge in [0, 0.05) is 26.1 Å². The van der Waals surface area contributed by atoms with Crippen molar-refractivity contribution in [2.75, 3.05) is 38.4 Å². The third-order valence-electron chi connectivity index (χ3n) is 4.87. The second-order valence-corrected chi connectivity index (χ2v) is 6.52. The number of amides is 1. The lowest BCUT2D eigenvalue weighted by Crippen LogP contribution is -2.31. The summed E-state index contributed by atoms with van der Waals surface area (Å²) in [5.74, 6) is 0.190. The van der Waals surface area contributed by atoms with Gasteiger partial charge in [0.2, 0.25) is 0 Å². The fraction of sp³-hybridized carbons (Fsp3) is 0.556. The number of pyridine rings is 1. The highest BCUT2D eigenvalue weighted by Crippen LogP contribution is 2.38. The first-order valence-electron chi connectivity index (χ1n) is 8.60. The minimum absolute atomic E-state index is 0.248. The van der Waals surface area contributed by atoms with Crippen LogP contribution in [0.15, 0.2) is 24.4 Å². The van der Waals surface area contributed by atoms with Gasteiger partial charge in [-0.15, -0.1) is 0 Å². The molecule has 2 saturated heterocycles. The van der Waals surface area contributed by atoms with Crippen LogP contribution in [0.25, 0.3) is 5.57 Å². The molecule has 7 nitrogen and oxygen atoms in total. The Morgan fingerprint density at radius 1 is 1.36 bits per heavy atom. The molecular weight excluding hydrogens is 324 g/mol. The van der Waals surface area contributed by atoms with E-state index in [4.69, 9.17) is 18.9 Å². The molecule has 2 aliphatic heterocycles. The van der Waals surface area contributed by atoms with Crippen LogP contribution in [0.2, 0.25) is 0 Å². The average Bonchev–Trinajstić information content (AvgIpc) is 3.23. The summed E-state index contributed by atoms with van der Waals surface area (Å²) in [6.45, 7) is 2.20. The van der Waals surface area contributed by atoms with E-state index in [1.807, 2.05) is 18.3 Å². The highest BCUT2D eigenvalue weighted by molar-refractivity contribution is 5.88. The van der Waals surface area contributed by atoms with Crippen LogP contribution in [-0.4, -0.2) is 56.4 Å². The van der Waals surface area contributed by atoms with Crippen LogP contribution in [0.5, 0.6) is 0 Å². The average molecular weight is 346 g/mol. The van der Waals surface area contributed by atoms with Crippen LogP contribution >= 0.6 is 0 Å². The van der Waals surface area contributed by atoms with Gasteiger partial charge in [-0.1, -0.05) is 6.08 Å². The maximum atomic E-state index is 12.0. The van der Waals surface area contributed by atoms with Crippen LogP contribution in [0.4, 0.5) is 10.6 Å². The summed E-state index contributed by atoms with van der Waals surface area (Å²) in [5, 5.41) is 0. The molecule has 0 N–H and O–H groups in total. The number of hydrogen-bond donors (Lipinski definition) is 0. The quantitative estimate of drug-likeness (QED) is 0.834. The van der Waals surface area contributed by atoms with Crippen molar-refractivity contribution in [1.82, 2.24) is 4.98 Å². The number of allylic oxidation sites excluding steroid dienone is 1. The summed E-state index contributed by atoms with van der Waals surface area (Å²) in [5.41, 5.74) is 2.31. The third kappa shape index (κ3) is 3.27. The molecule has 4 rings (SSSR count). The van der Waals surface area contributed by atoms with Gasteiger partial charge in [-0.05, 0) is 29.7 Å². The molecule has 3 aliphatic rings. The van der Waals surface area contributed by atoms with Gasteiger partial charge in [0.1, 0.15) is 11.9 Å². The number of nitrogens with zero attached hydrogens (tertiary/aromatic N) is 2. The van der Waals surface area contributed by atoms with Crippen LogP contribution in [-0.2, 0) is 18.9 Å². The normalized spacial score (nSPS) is 25.3. The molecule has 0 saturated carbocycles. The molecular formula is C18H22N2O5. The van der Waals surface area contributed by atoms with Gasteiger partial charge in [-0.3, -0.25) is 4.90 Å². The summed E-state index contributed by atoms with van der Waals surface area (Å²) >= 11 is 0. The number of hydrogen-bond acceptors (Lipinski definition) is 6. The van der Waals surface area contributed by atoms with Gasteiger partial charge < -0.3 is 18.9 Å². The Balaban J connectivity index is 1.44. The molecule has 0 bridgehead atoms. The van der Waals surface area contributed by atoms with E-state index in [1.54, 1.807) is 7.11 Å². The van der Waals surface area contributed by atoms with Crippen LogP contribution in [0, 0.1) is 0 Å². The van der Waals surface area contributed by atoms with Crippen molar-refractivity contribution < 1.29 is 23.7 Å². The Kier molecular flexibility index (Phi) is 4.45. The number of cyclic esters (lactones) is 1. The second-order valence-electron chi connectivity index (χ2n) is 6.52. The first-order chi connectivity index (χ1) is 12.2. The fourth-order valence-electron chi connectivity index (χ4n) is 3.55. The van der Waals surface area contributed by atoms with Gasteiger partial charge in [0.15, 0.2) is 5.79 Å². The number of rotatable bonds is 4. The molecule has 0 aromatic carbocycles. The number of anilines is 1. The van der Waals surface area contributed by atoms with E-state index in [9.17, 15) is 4.79 Å². The molecule has 0 radical (unpaired) electrons. The van der Waals surface area contributed by atoms with Crippen molar-refractivity contribution in [3.05, 3.63) is 30.0 Å². The van der Waals surface area contributed by atoms with Gasteiger partial charge >= 0.3 is 6.09 Å². The van der Waals surface area contributed by atoms with Crippen LogP contribution in [0.1, 0.15) is 24.8 Å². The number of methoxy groups -OCH3 is 1. The number of ether oxygens (including phenoxy) is 4. The van der Waals surface area contributed by atoms with Gasteiger partial charge in [0.25, 0.3) is 0 Å². The van der Waals surface area contributed by atoms with Crippen LogP contribution in [0.3, 0.4) is 0 Å². The highest BCUT2D eigenvalue weighted by Gasteiger charge is 2.38. The van der Waals surface area contributed by atoms with E-state index >= 15 is 0 Å². The summed E-state index contributed by atoms with van der Waals surface area (Å²) in [6, 6.07) is 3.86. The Morgan fingerprint density at radius 3 is 2.84 bits per heavy atom. The van der Waals surface area contributed by atoms with Crippen molar-refractivity contribution in [2.24, 2.45) is 0 Å². The fourth-order valence-corrected chi connectivity index (χ4v) is 3.55. The van der Waals surface area contributed by atoms with E-state index in [1.165, 1.54) is 10.5 Å². The third-order valence-corrected chi connectivity index (χ3v) is 4.87. The zero-order chi connectivity index (χ0) is 17.3. The molecule has 134 valence electrons. The van der Waals surface area contributed by atoms with Crippen molar-refractivity contribution in [2.45, 2.75) is 31.2 Å². The lowest BCUT2D eigenvalue weighted by molar-refractivity contribution is -0.159. The Morgan fingerprint density at radius 2 is 2.20 bits per heavy atom. The number of carbonyl (C=O) groups is 1. The van der Waals surface area contributed by atoms with E-state index in [-0.39, 0.29) is 12.2 Å². The molecule has 25 heavy (non-hydrogen) atoms. The molecule has 1 unspecified atom stereocenters. The summed E-state index contributed by atoms with van der Waals surface area (Å²) < 4.78 is 21.8. The molecule has 1 spiro atoms. The van der Waals surface area contributed by atoms with Crippen molar-refractivity contribution in [1.29, 1.82) is 0 Å². The minimum atomic E-state index is -0.410. The van der Waals surface area contributed by atoms with Crippen LogP contribution < -0.4 is 4.90 Å². The molecule has 1 aliphatic carbocycles. The van der Waals surface area contributed by atoms with E-state index < -0.39 is 5.79 Å². The zero-order valence-corrected chi connectivity index (χ0v) is 14.3. The minimum Gasteiger partial charge on any atom is -0.441 e. The molecule has 3 heterocycles. The molecule has 1 amide bonds. The SMILES string of the molecule is COCC1CN(c2ccc(C3=CCC4(CC3)OCCO4)cn2)C(=O)O1. The molecule has 1 aromatic rings. The molecule has 2 fully saturated rings. The first-order valence-corrected chi connectivity index (χ1v) is 8.60. The molecule has 1 aromatic heterocycles. The Bertz CT molecular complexity index is 667. The Hall–Kier alpha value is -1.96. The largest absolute Gasteiger partial charge is 0.441 e. The zero-order valence-electron chi connectivity index (χ0n) is 14.3.